The lowest BCUT2D eigenvalue weighted by molar-refractivity contribution is 0.497. The summed E-state index contributed by atoms with van der Waals surface area (Å²) in [5.41, 5.74) is 9.33. The van der Waals surface area contributed by atoms with E-state index in [4.69, 9.17) is 5.73 Å². The molecule has 2 N–H and O–H groups in total. The van der Waals surface area contributed by atoms with Crippen LogP contribution in [-0.2, 0) is 0 Å². The molecule has 0 fully saturated rings. The van der Waals surface area contributed by atoms with Crippen molar-refractivity contribution < 1.29 is 0 Å². The lowest BCUT2D eigenvalue weighted by Crippen LogP contribution is -2.17. The summed E-state index contributed by atoms with van der Waals surface area (Å²) in [4.78, 5) is 4.38. The normalized spacial score (nSPS) is 15.2. The highest BCUT2D eigenvalue weighted by atomic mass is 14.7. The van der Waals surface area contributed by atoms with E-state index in [1.54, 1.807) is 0 Å². The minimum Gasteiger partial charge on any atom is -0.330 e. The van der Waals surface area contributed by atoms with Gasteiger partial charge in [-0.25, -0.2) is 0 Å². The molecular weight excluding hydrogens is 172 g/mol. The van der Waals surface area contributed by atoms with Gasteiger partial charge >= 0.3 is 0 Å². The van der Waals surface area contributed by atoms with Crippen LogP contribution in [0.4, 0.5) is 0 Å². The van der Waals surface area contributed by atoms with E-state index in [1.165, 1.54) is 11.1 Å². The van der Waals surface area contributed by atoms with Crippen LogP contribution in [0.25, 0.3) is 0 Å². The van der Waals surface area contributed by atoms with Crippen LogP contribution in [0.5, 0.6) is 0 Å². The van der Waals surface area contributed by atoms with Crippen LogP contribution in [0.1, 0.15) is 36.6 Å². The molecule has 0 aliphatic carbocycles. The van der Waals surface area contributed by atoms with Crippen molar-refractivity contribution in [2.75, 3.05) is 6.54 Å². The second-order valence-electron chi connectivity index (χ2n) is 4.17. The van der Waals surface area contributed by atoms with Gasteiger partial charge in [0.15, 0.2) is 0 Å². The lowest BCUT2D eigenvalue weighted by atomic mass is 9.89. The minimum atomic E-state index is 0.492. The third-order valence-corrected chi connectivity index (χ3v) is 3.11. The van der Waals surface area contributed by atoms with Crippen LogP contribution < -0.4 is 5.73 Å². The van der Waals surface area contributed by atoms with E-state index in [0.717, 1.165) is 12.2 Å². The average molecular weight is 192 g/mol. The Kier molecular flexibility index (Phi) is 3.64. The van der Waals surface area contributed by atoms with Gasteiger partial charge in [-0.15, -0.1) is 0 Å². The Balaban J connectivity index is 2.91. The van der Waals surface area contributed by atoms with Gasteiger partial charge in [-0.1, -0.05) is 19.9 Å². The summed E-state index contributed by atoms with van der Waals surface area (Å²) in [5.74, 6) is 1.01. The van der Waals surface area contributed by atoms with Crippen molar-refractivity contribution >= 4 is 0 Å². The molecule has 0 saturated heterocycles. The quantitative estimate of drug-likeness (QED) is 0.798. The SMILES string of the molecule is Cc1cc(C(C)C(C)CN)cnc1C. The Labute approximate surface area is 86.5 Å². The molecule has 0 aromatic carbocycles. The van der Waals surface area contributed by atoms with Crippen LogP contribution in [0.15, 0.2) is 12.3 Å². The largest absolute Gasteiger partial charge is 0.330 e. The summed E-state index contributed by atoms with van der Waals surface area (Å²) >= 11 is 0. The average Bonchev–Trinajstić information content (AvgIpc) is 2.20. The first-order chi connectivity index (χ1) is 6.56. The second kappa shape index (κ2) is 4.56. The summed E-state index contributed by atoms with van der Waals surface area (Å²) in [5, 5.41) is 0. The van der Waals surface area contributed by atoms with E-state index >= 15 is 0 Å². The zero-order valence-corrected chi connectivity index (χ0v) is 9.54. The summed E-state index contributed by atoms with van der Waals surface area (Å²) in [6.45, 7) is 9.26. The predicted molar refractivity (Wildman–Crippen MR) is 60.3 cm³/mol. The molecule has 0 saturated carbocycles. The monoisotopic (exact) mass is 192 g/mol. The van der Waals surface area contributed by atoms with E-state index in [9.17, 15) is 0 Å². The molecule has 2 nitrogen and oxygen atoms in total. The van der Waals surface area contributed by atoms with Gasteiger partial charge < -0.3 is 5.73 Å². The maximum atomic E-state index is 5.66. The molecule has 78 valence electrons. The van der Waals surface area contributed by atoms with Gasteiger partial charge in [-0.2, -0.15) is 0 Å². The fraction of sp³-hybridized carbons (Fsp3) is 0.583. The molecule has 0 spiro atoms. The van der Waals surface area contributed by atoms with Crippen LogP contribution >= 0.6 is 0 Å². The zero-order valence-electron chi connectivity index (χ0n) is 9.54. The van der Waals surface area contributed by atoms with Crippen molar-refractivity contribution in [2.45, 2.75) is 33.6 Å². The Morgan fingerprint density at radius 2 is 2.00 bits per heavy atom. The molecule has 0 radical (unpaired) electrons. The van der Waals surface area contributed by atoms with Gasteiger partial charge in [0.25, 0.3) is 0 Å². The Bertz CT molecular complexity index is 307. The first-order valence-corrected chi connectivity index (χ1v) is 5.19. The summed E-state index contributed by atoms with van der Waals surface area (Å²) < 4.78 is 0. The minimum absolute atomic E-state index is 0.492. The molecule has 0 aliphatic rings. The van der Waals surface area contributed by atoms with Crippen molar-refractivity contribution in [3.63, 3.8) is 0 Å². The number of aromatic nitrogens is 1. The highest BCUT2D eigenvalue weighted by Crippen LogP contribution is 2.23. The Hall–Kier alpha value is -0.890. The number of hydrogen-bond donors (Lipinski definition) is 1. The van der Waals surface area contributed by atoms with Crippen LogP contribution in [0.2, 0.25) is 0 Å². The number of nitrogens with zero attached hydrogens (tertiary/aromatic N) is 1. The molecule has 1 rings (SSSR count). The summed E-state index contributed by atoms with van der Waals surface area (Å²) in [6.07, 6.45) is 1.97. The third-order valence-electron chi connectivity index (χ3n) is 3.11. The molecule has 1 heterocycles. The number of nitrogens with two attached hydrogens (primary N) is 1. The number of hydrogen-bond acceptors (Lipinski definition) is 2. The molecule has 1 aromatic rings. The highest BCUT2D eigenvalue weighted by Gasteiger charge is 2.13. The molecule has 0 amide bonds. The lowest BCUT2D eigenvalue weighted by Gasteiger charge is -2.18. The molecule has 14 heavy (non-hydrogen) atoms. The predicted octanol–water partition coefficient (Wildman–Crippen LogP) is 2.40. The topological polar surface area (TPSA) is 38.9 Å². The third kappa shape index (κ3) is 2.32. The number of rotatable bonds is 3. The Morgan fingerprint density at radius 3 is 2.50 bits per heavy atom. The summed E-state index contributed by atoms with van der Waals surface area (Å²) in [6, 6.07) is 2.22. The van der Waals surface area contributed by atoms with E-state index in [2.05, 4.69) is 31.8 Å². The maximum absolute atomic E-state index is 5.66. The number of aryl methyl sites for hydroxylation is 2. The summed E-state index contributed by atoms with van der Waals surface area (Å²) in [7, 11) is 0. The molecule has 0 aliphatic heterocycles. The van der Waals surface area contributed by atoms with Crippen molar-refractivity contribution in [3.05, 3.63) is 29.1 Å². The van der Waals surface area contributed by atoms with Crippen molar-refractivity contribution in [2.24, 2.45) is 11.7 Å². The van der Waals surface area contributed by atoms with Crippen LogP contribution in [0, 0.1) is 19.8 Å². The molecule has 2 unspecified atom stereocenters. The van der Waals surface area contributed by atoms with E-state index in [-0.39, 0.29) is 0 Å². The van der Waals surface area contributed by atoms with Gasteiger partial charge in [0, 0.05) is 11.9 Å². The van der Waals surface area contributed by atoms with E-state index < -0.39 is 0 Å². The van der Waals surface area contributed by atoms with Gasteiger partial charge in [0.2, 0.25) is 0 Å². The second-order valence-corrected chi connectivity index (χ2v) is 4.17. The van der Waals surface area contributed by atoms with Crippen molar-refractivity contribution in [3.8, 4) is 0 Å². The van der Waals surface area contributed by atoms with E-state index in [1.807, 2.05) is 13.1 Å². The van der Waals surface area contributed by atoms with Crippen molar-refractivity contribution in [1.82, 2.24) is 4.98 Å². The maximum Gasteiger partial charge on any atom is 0.0401 e. The van der Waals surface area contributed by atoms with Gasteiger partial charge in [-0.05, 0) is 43.4 Å². The van der Waals surface area contributed by atoms with Gasteiger partial charge in [0.05, 0.1) is 0 Å². The van der Waals surface area contributed by atoms with Crippen molar-refractivity contribution in [1.29, 1.82) is 0 Å². The highest BCUT2D eigenvalue weighted by molar-refractivity contribution is 5.25. The molecule has 2 heteroatoms. The van der Waals surface area contributed by atoms with Gasteiger partial charge in [-0.3, -0.25) is 4.98 Å². The fourth-order valence-corrected chi connectivity index (χ4v) is 1.45. The molecule has 2 atom stereocenters. The van der Waals surface area contributed by atoms with Crippen LogP contribution in [0.3, 0.4) is 0 Å². The molecule has 1 aromatic heterocycles. The van der Waals surface area contributed by atoms with Crippen LogP contribution in [-0.4, -0.2) is 11.5 Å². The number of pyridine rings is 1. The van der Waals surface area contributed by atoms with Gasteiger partial charge in [0.1, 0.15) is 0 Å². The first-order valence-electron chi connectivity index (χ1n) is 5.19. The fourth-order valence-electron chi connectivity index (χ4n) is 1.45. The molecule has 0 bridgehead atoms. The standard InChI is InChI=1S/C12H20N2/c1-8-5-12(7-14-11(8)4)10(3)9(2)6-13/h5,7,9-10H,6,13H2,1-4H3. The smallest absolute Gasteiger partial charge is 0.0401 e. The molecular formula is C12H20N2. The van der Waals surface area contributed by atoms with E-state index in [0.29, 0.717) is 11.8 Å². The first kappa shape index (κ1) is 11.2. The Morgan fingerprint density at radius 1 is 1.36 bits per heavy atom. The zero-order chi connectivity index (χ0) is 10.7.